The highest BCUT2D eigenvalue weighted by Crippen LogP contribution is 2.14. The molecule has 4 nitrogen and oxygen atoms in total. The molecule has 0 fully saturated rings. The molecule has 17 heavy (non-hydrogen) atoms. The molecule has 2 rings (SSSR count). The molecule has 1 aromatic heterocycles. The van der Waals surface area contributed by atoms with E-state index in [4.69, 9.17) is 5.26 Å². The summed E-state index contributed by atoms with van der Waals surface area (Å²) in [5.41, 5.74) is 1.62. The monoisotopic (exact) mass is 230 g/mol. The highest BCUT2D eigenvalue weighted by Gasteiger charge is 2.03. The summed E-state index contributed by atoms with van der Waals surface area (Å²) in [5.74, 6) is -0.504. The molecule has 0 spiro atoms. The molecule has 0 saturated carbocycles. The predicted molar refractivity (Wildman–Crippen MR) is 61.6 cm³/mol. The number of nitrogens with one attached hydrogen (secondary N) is 1. The van der Waals surface area contributed by atoms with E-state index in [0.29, 0.717) is 12.2 Å². The number of rotatable bonds is 3. The van der Waals surface area contributed by atoms with Gasteiger partial charge >= 0.3 is 0 Å². The van der Waals surface area contributed by atoms with Crippen LogP contribution in [0.3, 0.4) is 0 Å². The van der Waals surface area contributed by atoms with E-state index in [1.54, 1.807) is 16.8 Å². The Morgan fingerprint density at radius 2 is 2.29 bits per heavy atom. The average Bonchev–Trinajstić information content (AvgIpc) is 2.74. The van der Waals surface area contributed by atoms with Crippen molar-refractivity contribution >= 4 is 5.69 Å². The Kier molecular flexibility index (Phi) is 3.06. The van der Waals surface area contributed by atoms with E-state index < -0.39 is 5.82 Å². The molecule has 86 valence electrons. The molecule has 1 heterocycles. The van der Waals surface area contributed by atoms with Gasteiger partial charge in [0.2, 0.25) is 0 Å². The van der Waals surface area contributed by atoms with E-state index >= 15 is 0 Å². The molecule has 5 heteroatoms. The summed E-state index contributed by atoms with van der Waals surface area (Å²) in [6, 6.07) is 8.05. The van der Waals surface area contributed by atoms with Crippen LogP contribution in [0.5, 0.6) is 0 Å². The number of nitrogens with zero attached hydrogens (tertiary/aromatic N) is 3. The van der Waals surface area contributed by atoms with E-state index in [-0.39, 0.29) is 5.56 Å². The summed E-state index contributed by atoms with van der Waals surface area (Å²) in [5, 5.41) is 16.0. The molecule has 0 unspecified atom stereocenters. The minimum absolute atomic E-state index is 0.0380. The largest absolute Gasteiger partial charge is 0.379 e. The molecule has 0 saturated heterocycles. The van der Waals surface area contributed by atoms with Gasteiger partial charge in [0.25, 0.3) is 0 Å². The van der Waals surface area contributed by atoms with Crippen molar-refractivity contribution in [2.24, 2.45) is 7.05 Å². The van der Waals surface area contributed by atoms with Gasteiger partial charge in [-0.15, -0.1) is 0 Å². The molecule has 0 aliphatic heterocycles. The van der Waals surface area contributed by atoms with Gasteiger partial charge in [-0.05, 0) is 24.3 Å². The quantitative estimate of drug-likeness (QED) is 0.877. The van der Waals surface area contributed by atoms with Crippen molar-refractivity contribution in [3.05, 3.63) is 47.5 Å². The van der Waals surface area contributed by atoms with Gasteiger partial charge in [0.1, 0.15) is 11.9 Å². The van der Waals surface area contributed by atoms with E-state index in [1.807, 2.05) is 19.3 Å². The first-order chi connectivity index (χ1) is 8.19. The van der Waals surface area contributed by atoms with Crippen molar-refractivity contribution in [3.8, 4) is 6.07 Å². The molecule has 1 aromatic carbocycles. The maximum absolute atomic E-state index is 13.1. The van der Waals surface area contributed by atoms with E-state index in [9.17, 15) is 4.39 Å². The van der Waals surface area contributed by atoms with Gasteiger partial charge in [0, 0.05) is 18.9 Å². The zero-order chi connectivity index (χ0) is 12.3. The lowest BCUT2D eigenvalue weighted by molar-refractivity contribution is 0.624. The van der Waals surface area contributed by atoms with Crippen LogP contribution < -0.4 is 5.32 Å². The molecule has 0 amide bonds. The number of hydrogen-bond acceptors (Lipinski definition) is 3. The zero-order valence-electron chi connectivity index (χ0n) is 9.31. The fraction of sp³-hybridized carbons (Fsp3) is 0.167. The molecule has 2 aromatic rings. The van der Waals surface area contributed by atoms with Crippen molar-refractivity contribution in [1.82, 2.24) is 9.78 Å². The number of hydrogen-bond donors (Lipinski definition) is 1. The average molecular weight is 230 g/mol. The summed E-state index contributed by atoms with van der Waals surface area (Å²) in [6.07, 6.45) is 1.85. The van der Waals surface area contributed by atoms with Crippen LogP contribution in [0.4, 0.5) is 10.1 Å². The van der Waals surface area contributed by atoms with Crippen LogP contribution in [-0.2, 0) is 13.6 Å². The summed E-state index contributed by atoms with van der Waals surface area (Å²) in [4.78, 5) is 0. The summed E-state index contributed by atoms with van der Waals surface area (Å²) >= 11 is 0. The second kappa shape index (κ2) is 4.66. The van der Waals surface area contributed by atoms with Gasteiger partial charge in [-0.1, -0.05) is 0 Å². The van der Waals surface area contributed by atoms with Gasteiger partial charge in [0.05, 0.1) is 17.8 Å². The lowest BCUT2D eigenvalue weighted by Gasteiger charge is -2.04. The Morgan fingerprint density at radius 3 is 2.94 bits per heavy atom. The number of halogens is 1. The van der Waals surface area contributed by atoms with Gasteiger partial charge in [0.15, 0.2) is 0 Å². The van der Waals surface area contributed by atoms with Crippen molar-refractivity contribution in [2.45, 2.75) is 6.54 Å². The van der Waals surface area contributed by atoms with Crippen molar-refractivity contribution in [3.63, 3.8) is 0 Å². The molecule has 0 atom stereocenters. The third kappa shape index (κ3) is 2.61. The molecule has 0 aliphatic carbocycles. The van der Waals surface area contributed by atoms with Crippen molar-refractivity contribution < 1.29 is 4.39 Å². The number of anilines is 1. The predicted octanol–water partition coefficient (Wildman–Crippen LogP) is 2.04. The molecule has 0 bridgehead atoms. The van der Waals surface area contributed by atoms with E-state index in [0.717, 1.165) is 5.69 Å². The van der Waals surface area contributed by atoms with Crippen molar-refractivity contribution in [1.29, 1.82) is 5.26 Å². The molecular weight excluding hydrogens is 219 g/mol. The Hall–Kier alpha value is -2.35. The SMILES string of the molecule is Cn1ccc(CNc2ccc(F)c(C#N)c2)n1. The van der Waals surface area contributed by atoms with Crippen LogP contribution in [0.1, 0.15) is 11.3 Å². The second-order valence-electron chi connectivity index (χ2n) is 3.64. The highest BCUT2D eigenvalue weighted by atomic mass is 19.1. The fourth-order valence-corrected chi connectivity index (χ4v) is 1.47. The van der Waals surface area contributed by atoms with Crippen LogP contribution in [0.15, 0.2) is 30.5 Å². The fourth-order valence-electron chi connectivity index (χ4n) is 1.47. The maximum Gasteiger partial charge on any atom is 0.141 e. The Balaban J connectivity index is 2.07. The van der Waals surface area contributed by atoms with Crippen LogP contribution in [0, 0.1) is 17.1 Å². The third-order valence-corrected chi connectivity index (χ3v) is 2.33. The summed E-state index contributed by atoms with van der Waals surface area (Å²) in [6.45, 7) is 0.539. The first-order valence-electron chi connectivity index (χ1n) is 5.11. The third-order valence-electron chi connectivity index (χ3n) is 2.33. The van der Waals surface area contributed by atoms with E-state index in [1.165, 1.54) is 12.1 Å². The summed E-state index contributed by atoms with van der Waals surface area (Å²) in [7, 11) is 1.84. The normalized spacial score (nSPS) is 9.94. The minimum Gasteiger partial charge on any atom is -0.379 e. The Labute approximate surface area is 98.3 Å². The Morgan fingerprint density at radius 1 is 1.47 bits per heavy atom. The highest BCUT2D eigenvalue weighted by molar-refractivity contribution is 5.49. The van der Waals surface area contributed by atoms with Crippen LogP contribution in [-0.4, -0.2) is 9.78 Å². The van der Waals surface area contributed by atoms with Gasteiger partial charge in [-0.3, -0.25) is 4.68 Å². The number of aryl methyl sites for hydroxylation is 1. The Bertz CT molecular complexity index is 568. The number of benzene rings is 1. The topological polar surface area (TPSA) is 53.6 Å². The summed E-state index contributed by atoms with van der Waals surface area (Å²) < 4.78 is 14.8. The lowest BCUT2D eigenvalue weighted by Crippen LogP contribution is -2.01. The lowest BCUT2D eigenvalue weighted by atomic mass is 10.2. The van der Waals surface area contributed by atoms with Gasteiger partial charge in [-0.2, -0.15) is 10.4 Å². The molecule has 0 radical (unpaired) electrons. The van der Waals surface area contributed by atoms with Gasteiger partial charge in [-0.25, -0.2) is 4.39 Å². The van der Waals surface area contributed by atoms with Crippen LogP contribution in [0.25, 0.3) is 0 Å². The first-order valence-corrected chi connectivity index (χ1v) is 5.11. The maximum atomic E-state index is 13.1. The van der Waals surface area contributed by atoms with E-state index in [2.05, 4.69) is 10.4 Å². The van der Waals surface area contributed by atoms with Gasteiger partial charge < -0.3 is 5.32 Å². The zero-order valence-corrected chi connectivity index (χ0v) is 9.31. The smallest absolute Gasteiger partial charge is 0.141 e. The standard InChI is InChI=1S/C12H11FN4/c1-17-5-4-11(16-17)8-15-10-2-3-12(13)9(6-10)7-14/h2-6,15H,8H2,1H3. The molecule has 0 aliphatic rings. The van der Waals surface area contributed by atoms with Crippen LogP contribution >= 0.6 is 0 Å². The second-order valence-corrected chi connectivity index (χ2v) is 3.64. The molecule has 1 N–H and O–H groups in total. The van der Waals surface area contributed by atoms with Crippen molar-refractivity contribution in [2.75, 3.05) is 5.32 Å². The molecular formula is C12H11FN4. The minimum atomic E-state index is -0.504. The van der Waals surface area contributed by atoms with Crippen LogP contribution in [0.2, 0.25) is 0 Å². The number of aromatic nitrogens is 2. The number of nitriles is 1. The first kappa shape index (κ1) is 11.1.